The van der Waals surface area contributed by atoms with Crippen LogP contribution >= 0.6 is 0 Å². The smallest absolute Gasteiger partial charge is 0.115 e. The number of hydrogen-bond donors (Lipinski definition) is 3. The maximum absolute atomic E-state index is 10.8. The van der Waals surface area contributed by atoms with Crippen LogP contribution < -0.4 is 5.73 Å². The zero-order valence-electron chi connectivity index (χ0n) is 13.8. The van der Waals surface area contributed by atoms with Crippen LogP contribution in [0.5, 0.6) is 0 Å². The van der Waals surface area contributed by atoms with Crippen molar-refractivity contribution in [3.05, 3.63) is 23.0 Å². The molecule has 3 nitrogen and oxygen atoms in total. The number of allylic oxidation sites excluding steroid dienone is 2. The molecule has 0 radical (unpaired) electrons. The van der Waals surface area contributed by atoms with Crippen molar-refractivity contribution in [1.82, 2.24) is 0 Å². The Morgan fingerprint density at radius 3 is 2.64 bits per heavy atom. The summed E-state index contributed by atoms with van der Waals surface area (Å²) in [7, 11) is 0. The highest BCUT2D eigenvalue weighted by molar-refractivity contribution is 5.41. The molecule has 0 amide bonds. The minimum absolute atomic E-state index is 0.134. The lowest BCUT2D eigenvalue weighted by molar-refractivity contribution is 0.0494. The van der Waals surface area contributed by atoms with Crippen molar-refractivity contribution in [3.8, 4) is 0 Å². The molecule has 4 rings (SSSR count). The molecular formula is C19H29NO2. The van der Waals surface area contributed by atoms with Crippen LogP contribution in [0.1, 0.15) is 58.8 Å². The van der Waals surface area contributed by atoms with Gasteiger partial charge in [0.25, 0.3) is 0 Å². The summed E-state index contributed by atoms with van der Waals surface area (Å²) < 4.78 is 0. The van der Waals surface area contributed by atoms with Gasteiger partial charge >= 0.3 is 0 Å². The lowest BCUT2D eigenvalue weighted by Gasteiger charge is -2.54. The van der Waals surface area contributed by atoms with Gasteiger partial charge in [-0.1, -0.05) is 19.4 Å². The van der Waals surface area contributed by atoms with E-state index in [1.54, 1.807) is 0 Å². The molecule has 3 fully saturated rings. The van der Waals surface area contributed by atoms with Crippen LogP contribution in [0.3, 0.4) is 0 Å². The molecule has 6 atom stereocenters. The molecule has 4 aliphatic rings. The van der Waals surface area contributed by atoms with Crippen molar-refractivity contribution in [2.45, 2.75) is 70.9 Å². The minimum atomic E-state index is -0.234. The van der Waals surface area contributed by atoms with Crippen molar-refractivity contribution in [1.29, 1.82) is 0 Å². The van der Waals surface area contributed by atoms with Crippen molar-refractivity contribution in [2.75, 3.05) is 0 Å². The molecule has 4 aliphatic carbocycles. The van der Waals surface area contributed by atoms with Crippen LogP contribution in [0, 0.1) is 22.7 Å². The first-order valence-electron chi connectivity index (χ1n) is 8.94. The summed E-state index contributed by atoms with van der Waals surface area (Å²) in [6, 6.07) is 0.269. The zero-order chi connectivity index (χ0) is 15.7. The molecule has 3 heteroatoms. The quantitative estimate of drug-likeness (QED) is 0.642. The van der Waals surface area contributed by atoms with Crippen molar-refractivity contribution >= 4 is 0 Å². The van der Waals surface area contributed by atoms with Crippen LogP contribution in [0.2, 0.25) is 0 Å². The van der Waals surface area contributed by atoms with Crippen molar-refractivity contribution in [3.63, 3.8) is 0 Å². The van der Waals surface area contributed by atoms with Gasteiger partial charge in [0.2, 0.25) is 0 Å². The van der Waals surface area contributed by atoms with Gasteiger partial charge in [-0.3, -0.25) is 0 Å². The number of hydrogen-bond acceptors (Lipinski definition) is 3. The molecule has 0 aromatic rings. The van der Waals surface area contributed by atoms with E-state index in [2.05, 4.69) is 13.8 Å². The minimum Gasteiger partial charge on any atom is -0.508 e. The fraction of sp³-hybridized carbons (Fsp3) is 0.789. The number of fused-ring (bicyclic) bond motifs is 5. The standard InChI is InChI=1S/C19H29NO2/c1-18-7-5-12(21)9-11(18)10-15(22)17-13-3-4-16(20)19(13,2)8-6-14(17)18/h10,12-14,16,21-22H,3-9,20H2,1-2H3/t12-,13-,14-,16-,18-,19-/m0/s1. The SMILES string of the molecule is C[C@]12CC[C@H]3C(=C(O)C=C4C[C@@H](O)CC[C@@]43C)[C@@H]1CC[C@@H]2N. The van der Waals surface area contributed by atoms with Gasteiger partial charge in [0, 0.05) is 6.04 Å². The molecule has 0 unspecified atom stereocenters. The number of nitrogens with two attached hydrogens (primary N) is 1. The predicted octanol–water partition coefficient (Wildman–Crippen LogP) is 3.44. The highest BCUT2D eigenvalue weighted by atomic mass is 16.3. The second-order valence-electron chi connectivity index (χ2n) is 8.66. The first kappa shape index (κ1) is 14.8. The fourth-order valence-electron chi connectivity index (χ4n) is 6.09. The van der Waals surface area contributed by atoms with Crippen LogP contribution in [0.15, 0.2) is 23.0 Å². The van der Waals surface area contributed by atoms with Gasteiger partial charge in [-0.25, -0.2) is 0 Å². The van der Waals surface area contributed by atoms with Gasteiger partial charge in [-0.05, 0) is 79.3 Å². The third kappa shape index (κ3) is 1.75. The van der Waals surface area contributed by atoms with E-state index < -0.39 is 0 Å². The van der Waals surface area contributed by atoms with E-state index in [1.807, 2.05) is 6.08 Å². The van der Waals surface area contributed by atoms with E-state index in [4.69, 9.17) is 5.73 Å². The average Bonchev–Trinajstić information content (AvgIpc) is 2.77. The molecule has 0 bridgehead atoms. The van der Waals surface area contributed by atoms with Crippen molar-refractivity contribution in [2.24, 2.45) is 28.4 Å². The van der Waals surface area contributed by atoms with E-state index in [0.29, 0.717) is 17.6 Å². The third-order valence-electron chi connectivity index (χ3n) is 7.69. The summed E-state index contributed by atoms with van der Waals surface area (Å²) in [4.78, 5) is 0. The molecule has 0 aliphatic heterocycles. The Balaban J connectivity index is 1.80. The molecule has 4 N–H and O–H groups in total. The molecule has 0 saturated heterocycles. The first-order chi connectivity index (χ1) is 10.4. The van der Waals surface area contributed by atoms with Crippen LogP contribution in [0.4, 0.5) is 0 Å². The second-order valence-corrected chi connectivity index (χ2v) is 8.66. The molecule has 0 spiro atoms. The van der Waals surface area contributed by atoms with Crippen LogP contribution in [-0.2, 0) is 0 Å². The van der Waals surface area contributed by atoms with E-state index in [1.165, 1.54) is 17.6 Å². The summed E-state index contributed by atoms with van der Waals surface area (Å²) in [6.45, 7) is 4.69. The molecule has 0 aromatic carbocycles. The monoisotopic (exact) mass is 303 g/mol. The summed E-state index contributed by atoms with van der Waals surface area (Å²) in [5.74, 6) is 1.39. The number of aliphatic hydroxyl groups is 2. The average molecular weight is 303 g/mol. The van der Waals surface area contributed by atoms with Gasteiger partial charge in [-0.2, -0.15) is 0 Å². The van der Waals surface area contributed by atoms with E-state index in [9.17, 15) is 10.2 Å². The Morgan fingerprint density at radius 1 is 1.09 bits per heavy atom. The van der Waals surface area contributed by atoms with Crippen LogP contribution in [-0.4, -0.2) is 22.4 Å². The van der Waals surface area contributed by atoms with Gasteiger partial charge in [0.1, 0.15) is 5.76 Å². The largest absolute Gasteiger partial charge is 0.508 e. The van der Waals surface area contributed by atoms with Crippen molar-refractivity contribution < 1.29 is 10.2 Å². The van der Waals surface area contributed by atoms with E-state index in [0.717, 1.165) is 38.5 Å². The van der Waals surface area contributed by atoms with Gasteiger partial charge in [0.15, 0.2) is 0 Å². The van der Waals surface area contributed by atoms with E-state index in [-0.39, 0.29) is 23.0 Å². The molecule has 22 heavy (non-hydrogen) atoms. The third-order valence-corrected chi connectivity index (χ3v) is 7.69. The second kappa shape index (κ2) is 4.61. The predicted molar refractivity (Wildman–Crippen MR) is 87.2 cm³/mol. The Bertz CT molecular complexity index is 566. The zero-order valence-corrected chi connectivity index (χ0v) is 13.8. The maximum Gasteiger partial charge on any atom is 0.115 e. The Morgan fingerprint density at radius 2 is 1.86 bits per heavy atom. The first-order valence-corrected chi connectivity index (χ1v) is 8.94. The normalized spacial score (nSPS) is 51.0. The fourth-order valence-corrected chi connectivity index (χ4v) is 6.09. The molecule has 3 saturated carbocycles. The summed E-state index contributed by atoms with van der Waals surface area (Å²) in [5, 5.41) is 20.8. The molecular weight excluding hydrogens is 274 g/mol. The molecule has 122 valence electrons. The maximum atomic E-state index is 10.8. The van der Waals surface area contributed by atoms with Gasteiger partial charge < -0.3 is 15.9 Å². The van der Waals surface area contributed by atoms with Gasteiger partial charge in [-0.15, -0.1) is 0 Å². The highest BCUT2D eigenvalue weighted by Crippen LogP contribution is 2.63. The summed E-state index contributed by atoms with van der Waals surface area (Å²) >= 11 is 0. The topological polar surface area (TPSA) is 66.5 Å². The lowest BCUT2D eigenvalue weighted by atomic mass is 9.51. The van der Waals surface area contributed by atoms with Gasteiger partial charge in [0.05, 0.1) is 6.10 Å². The summed E-state index contributed by atoms with van der Waals surface area (Å²) in [6.07, 6.45) is 8.91. The van der Waals surface area contributed by atoms with E-state index >= 15 is 0 Å². The molecule has 0 heterocycles. The number of rotatable bonds is 0. The number of aliphatic hydroxyl groups excluding tert-OH is 2. The summed E-state index contributed by atoms with van der Waals surface area (Å²) in [5.41, 5.74) is 9.28. The Hall–Kier alpha value is -0.800. The highest BCUT2D eigenvalue weighted by Gasteiger charge is 2.56. The lowest BCUT2D eigenvalue weighted by Crippen LogP contribution is -2.49. The van der Waals surface area contributed by atoms with Crippen LogP contribution in [0.25, 0.3) is 0 Å². The Kier molecular flexibility index (Phi) is 3.09. The molecule has 0 aromatic heterocycles. The Labute approximate surface area is 133 Å².